The Morgan fingerprint density at radius 1 is 1.35 bits per heavy atom. The maximum Gasteiger partial charge on any atom is 0.293 e. The first-order valence-corrected chi connectivity index (χ1v) is 7.16. The molecule has 20 heavy (non-hydrogen) atoms. The molecule has 1 saturated heterocycles. The van der Waals surface area contributed by atoms with Crippen LogP contribution in [0.25, 0.3) is 6.08 Å². The molecule has 1 fully saturated rings. The number of benzene rings is 1. The summed E-state index contributed by atoms with van der Waals surface area (Å²) in [7, 11) is 0. The molecular formula is C14H16N2O3S. The van der Waals surface area contributed by atoms with E-state index in [1.54, 1.807) is 6.08 Å². The second-order valence-electron chi connectivity index (χ2n) is 4.09. The van der Waals surface area contributed by atoms with E-state index >= 15 is 0 Å². The number of para-hydroxylation sites is 1. The normalized spacial score (nSPS) is 17.1. The number of carbonyl (C=O) groups is 2. The first kappa shape index (κ1) is 14.6. The number of nitrogens with zero attached hydrogens (tertiary/aromatic N) is 1. The minimum Gasteiger partial charge on any atom is -0.493 e. The molecule has 0 aromatic heterocycles. The number of hydrogen-bond donors (Lipinski definition) is 1. The van der Waals surface area contributed by atoms with Crippen LogP contribution in [0.4, 0.5) is 4.79 Å². The molecule has 1 aromatic rings. The molecule has 2 rings (SSSR count). The van der Waals surface area contributed by atoms with E-state index in [1.807, 2.05) is 31.2 Å². The van der Waals surface area contributed by atoms with Crippen molar-refractivity contribution in [2.75, 3.05) is 19.7 Å². The fourth-order valence-electron chi connectivity index (χ4n) is 1.85. The molecule has 0 bridgehead atoms. The monoisotopic (exact) mass is 292 g/mol. The number of thioether (sulfide) groups is 1. The van der Waals surface area contributed by atoms with Crippen molar-refractivity contribution in [3.63, 3.8) is 0 Å². The number of rotatable bonds is 5. The zero-order valence-corrected chi connectivity index (χ0v) is 12.0. The van der Waals surface area contributed by atoms with Gasteiger partial charge >= 0.3 is 0 Å². The highest BCUT2D eigenvalue weighted by Gasteiger charge is 2.34. The van der Waals surface area contributed by atoms with Crippen molar-refractivity contribution in [1.29, 1.82) is 0 Å². The van der Waals surface area contributed by atoms with Crippen molar-refractivity contribution < 1.29 is 14.3 Å². The van der Waals surface area contributed by atoms with Crippen LogP contribution in [0.2, 0.25) is 0 Å². The topological polar surface area (TPSA) is 72.6 Å². The minimum atomic E-state index is -0.295. The van der Waals surface area contributed by atoms with E-state index in [-0.39, 0.29) is 24.2 Å². The summed E-state index contributed by atoms with van der Waals surface area (Å²) in [4.78, 5) is 25.4. The average molecular weight is 292 g/mol. The molecule has 6 heteroatoms. The fraction of sp³-hybridized carbons (Fsp3) is 0.286. The van der Waals surface area contributed by atoms with Gasteiger partial charge in [-0.05, 0) is 30.8 Å². The maximum absolute atomic E-state index is 12.1. The summed E-state index contributed by atoms with van der Waals surface area (Å²) >= 11 is 0.931. The Balaban J connectivity index is 2.28. The lowest BCUT2D eigenvalue weighted by Crippen LogP contribution is -2.33. The Hall–Kier alpha value is -1.79. The molecule has 0 aliphatic carbocycles. The van der Waals surface area contributed by atoms with E-state index in [0.29, 0.717) is 17.3 Å². The number of nitrogens with two attached hydrogens (primary N) is 1. The van der Waals surface area contributed by atoms with E-state index in [4.69, 9.17) is 10.5 Å². The first-order valence-electron chi connectivity index (χ1n) is 6.34. The van der Waals surface area contributed by atoms with E-state index in [2.05, 4.69) is 0 Å². The van der Waals surface area contributed by atoms with Crippen LogP contribution >= 0.6 is 11.8 Å². The lowest BCUT2D eigenvalue weighted by molar-refractivity contribution is -0.122. The molecule has 1 aliphatic heterocycles. The van der Waals surface area contributed by atoms with Crippen LogP contribution in [0, 0.1) is 0 Å². The van der Waals surface area contributed by atoms with Crippen LogP contribution in [-0.2, 0) is 4.79 Å². The third kappa shape index (κ3) is 3.02. The largest absolute Gasteiger partial charge is 0.493 e. The van der Waals surface area contributed by atoms with Gasteiger partial charge in [-0.1, -0.05) is 18.2 Å². The number of imide groups is 1. The van der Waals surface area contributed by atoms with Gasteiger partial charge in [0.1, 0.15) is 5.75 Å². The predicted octanol–water partition coefficient (Wildman–Crippen LogP) is 2.08. The molecule has 5 nitrogen and oxygen atoms in total. The summed E-state index contributed by atoms with van der Waals surface area (Å²) < 4.78 is 5.50. The van der Waals surface area contributed by atoms with Crippen LogP contribution in [0.1, 0.15) is 12.5 Å². The smallest absolute Gasteiger partial charge is 0.293 e. The van der Waals surface area contributed by atoms with Gasteiger partial charge < -0.3 is 10.5 Å². The summed E-state index contributed by atoms with van der Waals surface area (Å²) in [5.74, 6) is 0.400. The molecule has 1 aliphatic rings. The molecule has 2 amide bonds. The number of ether oxygens (including phenoxy) is 1. The molecule has 0 atom stereocenters. The van der Waals surface area contributed by atoms with Crippen LogP contribution in [0.5, 0.6) is 5.75 Å². The number of carbonyl (C=O) groups excluding carboxylic acids is 2. The summed E-state index contributed by atoms with van der Waals surface area (Å²) in [6.45, 7) is 2.95. The zero-order chi connectivity index (χ0) is 14.5. The Bertz CT molecular complexity index is 557. The molecule has 2 N–H and O–H groups in total. The van der Waals surface area contributed by atoms with Crippen LogP contribution in [-0.4, -0.2) is 35.7 Å². The highest BCUT2D eigenvalue weighted by molar-refractivity contribution is 8.18. The van der Waals surface area contributed by atoms with E-state index in [0.717, 1.165) is 17.3 Å². The standard InChI is InChI=1S/C14H16N2O3S/c1-2-19-11-6-4-3-5-10(11)9-12-13(17)16(8-7-15)14(18)20-12/h3-6,9H,2,7-8,15H2,1H3/b12-9-. The predicted molar refractivity (Wildman–Crippen MR) is 79.3 cm³/mol. The summed E-state index contributed by atoms with van der Waals surface area (Å²) in [6.07, 6.45) is 1.69. The molecule has 0 spiro atoms. The minimum absolute atomic E-state index is 0.245. The lowest BCUT2D eigenvalue weighted by Gasteiger charge is -2.09. The first-order chi connectivity index (χ1) is 9.67. The molecule has 1 heterocycles. The molecule has 0 saturated carbocycles. The number of amides is 2. The van der Waals surface area contributed by atoms with Crippen molar-refractivity contribution in [2.24, 2.45) is 5.73 Å². The summed E-state index contributed by atoms with van der Waals surface area (Å²) in [5.41, 5.74) is 6.18. The third-order valence-electron chi connectivity index (χ3n) is 2.73. The van der Waals surface area contributed by atoms with Crippen LogP contribution in [0.15, 0.2) is 29.2 Å². The third-order valence-corrected chi connectivity index (χ3v) is 3.64. The molecule has 1 aromatic carbocycles. The maximum atomic E-state index is 12.1. The Morgan fingerprint density at radius 2 is 2.10 bits per heavy atom. The van der Waals surface area contributed by atoms with E-state index in [1.165, 1.54) is 4.90 Å². The summed E-state index contributed by atoms with van der Waals surface area (Å²) in [6, 6.07) is 7.41. The quantitative estimate of drug-likeness (QED) is 0.841. The van der Waals surface area contributed by atoms with Gasteiger partial charge in [0.2, 0.25) is 0 Å². The van der Waals surface area contributed by atoms with Gasteiger partial charge in [-0.3, -0.25) is 14.5 Å². The SMILES string of the molecule is CCOc1ccccc1/C=C1\SC(=O)N(CCN)C1=O. The Kier molecular flexibility index (Phi) is 4.81. The zero-order valence-electron chi connectivity index (χ0n) is 11.2. The van der Waals surface area contributed by atoms with E-state index < -0.39 is 0 Å². The molecule has 0 radical (unpaired) electrons. The lowest BCUT2D eigenvalue weighted by atomic mass is 10.2. The molecule has 0 unspecified atom stereocenters. The van der Waals surface area contributed by atoms with Gasteiger partial charge in [-0.25, -0.2) is 0 Å². The van der Waals surface area contributed by atoms with Crippen LogP contribution < -0.4 is 10.5 Å². The van der Waals surface area contributed by atoms with Gasteiger partial charge in [-0.2, -0.15) is 0 Å². The second kappa shape index (κ2) is 6.58. The van der Waals surface area contributed by atoms with Gasteiger partial charge in [0.25, 0.3) is 11.1 Å². The fourth-order valence-corrected chi connectivity index (χ4v) is 2.71. The van der Waals surface area contributed by atoms with Gasteiger partial charge in [0.05, 0.1) is 11.5 Å². The van der Waals surface area contributed by atoms with Crippen molar-refractivity contribution in [3.05, 3.63) is 34.7 Å². The van der Waals surface area contributed by atoms with Gasteiger partial charge in [0.15, 0.2) is 0 Å². The average Bonchev–Trinajstić information content (AvgIpc) is 2.69. The van der Waals surface area contributed by atoms with Crippen molar-refractivity contribution in [1.82, 2.24) is 4.90 Å². The summed E-state index contributed by atoms with van der Waals surface area (Å²) in [5, 5.41) is -0.277. The second-order valence-corrected chi connectivity index (χ2v) is 5.09. The van der Waals surface area contributed by atoms with Crippen molar-refractivity contribution in [2.45, 2.75) is 6.92 Å². The highest BCUT2D eigenvalue weighted by Crippen LogP contribution is 2.33. The van der Waals surface area contributed by atoms with E-state index in [9.17, 15) is 9.59 Å². The van der Waals surface area contributed by atoms with Gasteiger partial charge in [-0.15, -0.1) is 0 Å². The molecule has 106 valence electrons. The molecular weight excluding hydrogens is 276 g/mol. The van der Waals surface area contributed by atoms with Crippen LogP contribution in [0.3, 0.4) is 0 Å². The number of hydrogen-bond acceptors (Lipinski definition) is 5. The Morgan fingerprint density at radius 3 is 2.80 bits per heavy atom. The highest BCUT2D eigenvalue weighted by atomic mass is 32.2. The Labute approximate surface area is 121 Å². The van der Waals surface area contributed by atoms with Crippen molar-refractivity contribution in [3.8, 4) is 5.75 Å². The van der Waals surface area contributed by atoms with Gasteiger partial charge in [0, 0.05) is 18.7 Å². The van der Waals surface area contributed by atoms with Crippen molar-refractivity contribution >= 4 is 29.0 Å².